The third kappa shape index (κ3) is 3.74. The Balaban J connectivity index is 1.47. The monoisotopic (exact) mass is 358 g/mol. The van der Waals surface area contributed by atoms with Gasteiger partial charge in [0, 0.05) is 25.6 Å². The number of carbonyl (C=O) groups excluding carboxylic acids is 1. The quantitative estimate of drug-likeness (QED) is 0.849. The summed E-state index contributed by atoms with van der Waals surface area (Å²) in [6.45, 7) is 4.27. The molecular formula is C21H30N2O3. The SMILES string of the molecule is COc1cccc(CN(CC2CCCO2)C(=O)C2CC23CCNCC3)c1. The first-order valence-corrected chi connectivity index (χ1v) is 9.94. The largest absolute Gasteiger partial charge is 0.497 e. The number of nitrogens with one attached hydrogen (secondary N) is 1. The van der Waals surface area contributed by atoms with Gasteiger partial charge in [-0.25, -0.2) is 0 Å². The molecule has 3 fully saturated rings. The molecule has 0 bridgehead atoms. The van der Waals surface area contributed by atoms with Crippen molar-refractivity contribution in [3.05, 3.63) is 29.8 Å². The molecule has 5 nitrogen and oxygen atoms in total. The topological polar surface area (TPSA) is 50.8 Å². The Morgan fingerprint density at radius 2 is 2.23 bits per heavy atom. The minimum atomic E-state index is 0.187. The van der Waals surface area contributed by atoms with Gasteiger partial charge in [0.25, 0.3) is 0 Å². The van der Waals surface area contributed by atoms with Gasteiger partial charge in [0.05, 0.1) is 13.2 Å². The third-order valence-electron chi connectivity index (χ3n) is 6.35. The number of piperidine rings is 1. The van der Waals surface area contributed by atoms with E-state index in [4.69, 9.17) is 9.47 Å². The predicted octanol–water partition coefficient (Wildman–Crippen LogP) is 2.59. The van der Waals surface area contributed by atoms with Crippen molar-refractivity contribution in [3.63, 3.8) is 0 Å². The molecule has 1 saturated carbocycles. The van der Waals surface area contributed by atoms with E-state index in [9.17, 15) is 4.79 Å². The summed E-state index contributed by atoms with van der Waals surface area (Å²) in [6.07, 6.45) is 5.68. The van der Waals surface area contributed by atoms with Gasteiger partial charge in [-0.2, -0.15) is 0 Å². The average Bonchev–Trinajstić information content (AvgIpc) is 3.11. The Kier molecular flexibility index (Phi) is 5.18. The fraction of sp³-hybridized carbons (Fsp3) is 0.667. The summed E-state index contributed by atoms with van der Waals surface area (Å²) in [5, 5.41) is 3.42. The van der Waals surface area contributed by atoms with Gasteiger partial charge >= 0.3 is 0 Å². The van der Waals surface area contributed by atoms with E-state index in [0.717, 1.165) is 63.1 Å². The second kappa shape index (κ2) is 7.57. The third-order valence-corrected chi connectivity index (χ3v) is 6.35. The fourth-order valence-electron chi connectivity index (χ4n) is 4.65. The van der Waals surface area contributed by atoms with Gasteiger partial charge in [0.1, 0.15) is 5.75 Å². The minimum Gasteiger partial charge on any atom is -0.497 e. The number of nitrogens with zero attached hydrogens (tertiary/aromatic N) is 1. The van der Waals surface area contributed by atoms with Gasteiger partial charge in [0.15, 0.2) is 0 Å². The predicted molar refractivity (Wildman–Crippen MR) is 100 cm³/mol. The van der Waals surface area contributed by atoms with Gasteiger partial charge in [-0.15, -0.1) is 0 Å². The zero-order chi connectivity index (χ0) is 18.0. The van der Waals surface area contributed by atoms with Crippen molar-refractivity contribution in [3.8, 4) is 5.75 Å². The summed E-state index contributed by atoms with van der Waals surface area (Å²) in [5.41, 5.74) is 1.39. The van der Waals surface area contributed by atoms with E-state index in [1.54, 1.807) is 7.11 Å². The summed E-state index contributed by atoms with van der Waals surface area (Å²) in [5.74, 6) is 1.37. The summed E-state index contributed by atoms with van der Waals surface area (Å²) >= 11 is 0. The molecule has 1 N–H and O–H groups in total. The molecule has 142 valence electrons. The molecule has 2 aliphatic heterocycles. The Morgan fingerprint density at radius 1 is 1.38 bits per heavy atom. The molecule has 1 aliphatic carbocycles. The van der Waals surface area contributed by atoms with E-state index in [1.165, 1.54) is 0 Å². The summed E-state index contributed by atoms with van der Waals surface area (Å²) in [7, 11) is 1.68. The zero-order valence-electron chi connectivity index (χ0n) is 15.7. The van der Waals surface area contributed by atoms with Crippen molar-refractivity contribution in [1.82, 2.24) is 10.2 Å². The molecule has 2 saturated heterocycles. The Labute approximate surface area is 156 Å². The Hall–Kier alpha value is -1.59. The van der Waals surface area contributed by atoms with E-state index in [-0.39, 0.29) is 17.4 Å². The van der Waals surface area contributed by atoms with Crippen LogP contribution in [-0.4, -0.2) is 50.3 Å². The molecule has 26 heavy (non-hydrogen) atoms. The van der Waals surface area contributed by atoms with Crippen LogP contribution in [0.4, 0.5) is 0 Å². The number of benzene rings is 1. The molecule has 4 rings (SSSR count). The van der Waals surface area contributed by atoms with Crippen LogP contribution in [0.3, 0.4) is 0 Å². The van der Waals surface area contributed by atoms with Crippen LogP contribution < -0.4 is 10.1 Å². The van der Waals surface area contributed by atoms with Crippen LogP contribution in [0.2, 0.25) is 0 Å². The fourth-order valence-corrected chi connectivity index (χ4v) is 4.65. The Bertz CT molecular complexity index is 636. The van der Waals surface area contributed by atoms with Crippen molar-refractivity contribution in [2.75, 3.05) is 33.4 Å². The molecule has 3 aliphatic rings. The van der Waals surface area contributed by atoms with Crippen LogP contribution in [0.5, 0.6) is 5.75 Å². The number of hydrogen-bond donors (Lipinski definition) is 1. The van der Waals surface area contributed by atoms with E-state index >= 15 is 0 Å². The van der Waals surface area contributed by atoms with Crippen LogP contribution in [0.25, 0.3) is 0 Å². The first-order chi connectivity index (χ1) is 12.7. The average molecular weight is 358 g/mol. The second-order valence-electron chi connectivity index (χ2n) is 8.07. The van der Waals surface area contributed by atoms with E-state index < -0.39 is 0 Å². The lowest BCUT2D eigenvalue weighted by Crippen LogP contribution is -2.40. The molecule has 2 unspecified atom stereocenters. The molecule has 2 heterocycles. The van der Waals surface area contributed by atoms with Crippen molar-refractivity contribution >= 4 is 5.91 Å². The van der Waals surface area contributed by atoms with Crippen molar-refractivity contribution < 1.29 is 14.3 Å². The van der Waals surface area contributed by atoms with Crippen LogP contribution in [0, 0.1) is 11.3 Å². The molecule has 1 aromatic carbocycles. The van der Waals surface area contributed by atoms with Gasteiger partial charge in [-0.1, -0.05) is 12.1 Å². The van der Waals surface area contributed by atoms with Crippen LogP contribution in [0.15, 0.2) is 24.3 Å². The molecule has 1 spiro atoms. The van der Waals surface area contributed by atoms with E-state index in [0.29, 0.717) is 19.0 Å². The van der Waals surface area contributed by atoms with Crippen molar-refractivity contribution in [1.29, 1.82) is 0 Å². The van der Waals surface area contributed by atoms with E-state index in [1.807, 2.05) is 23.1 Å². The van der Waals surface area contributed by atoms with Crippen LogP contribution >= 0.6 is 0 Å². The first kappa shape index (κ1) is 17.8. The standard InChI is InChI=1S/C21H30N2O3/c1-25-17-5-2-4-16(12-17)14-23(15-18-6-3-11-26-18)20(24)19-13-21(19)7-9-22-10-8-21/h2,4-5,12,18-19,22H,3,6-11,13-15H2,1H3. The highest BCUT2D eigenvalue weighted by Crippen LogP contribution is 2.59. The highest BCUT2D eigenvalue weighted by Gasteiger charge is 2.58. The number of hydrogen-bond acceptors (Lipinski definition) is 4. The Morgan fingerprint density at radius 3 is 2.96 bits per heavy atom. The first-order valence-electron chi connectivity index (χ1n) is 9.94. The van der Waals surface area contributed by atoms with Gasteiger partial charge in [-0.3, -0.25) is 4.79 Å². The highest BCUT2D eigenvalue weighted by atomic mass is 16.5. The number of amides is 1. The lowest BCUT2D eigenvalue weighted by molar-refractivity contribution is -0.136. The maximum absolute atomic E-state index is 13.3. The number of ether oxygens (including phenoxy) is 2. The lowest BCUT2D eigenvalue weighted by Gasteiger charge is -2.29. The van der Waals surface area contributed by atoms with Crippen molar-refractivity contribution in [2.24, 2.45) is 11.3 Å². The maximum atomic E-state index is 13.3. The molecule has 0 aromatic heterocycles. The highest BCUT2D eigenvalue weighted by molar-refractivity contribution is 5.82. The maximum Gasteiger partial charge on any atom is 0.226 e. The summed E-state index contributed by atoms with van der Waals surface area (Å²) < 4.78 is 11.2. The van der Waals surface area contributed by atoms with Crippen molar-refractivity contribution in [2.45, 2.75) is 44.8 Å². The molecular weight excluding hydrogens is 328 g/mol. The molecule has 0 radical (unpaired) electrons. The summed E-state index contributed by atoms with van der Waals surface area (Å²) in [4.78, 5) is 15.4. The number of carbonyl (C=O) groups is 1. The molecule has 5 heteroatoms. The smallest absolute Gasteiger partial charge is 0.226 e. The summed E-state index contributed by atoms with van der Waals surface area (Å²) in [6, 6.07) is 8.05. The zero-order valence-corrected chi connectivity index (χ0v) is 15.7. The number of rotatable bonds is 6. The molecule has 1 aromatic rings. The normalized spacial score (nSPS) is 26.7. The van der Waals surface area contributed by atoms with Gasteiger partial charge in [0.2, 0.25) is 5.91 Å². The molecule has 2 atom stereocenters. The van der Waals surface area contributed by atoms with Gasteiger partial charge in [-0.05, 0) is 68.3 Å². The second-order valence-corrected chi connectivity index (χ2v) is 8.07. The minimum absolute atomic E-state index is 0.187. The van der Waals surface area contributed by atoms with E-state index in [2.05, 4.69) is 11.4 Å². The number of methoxy groups -OCH3 is 1. The lowest BCUT2D eigenvalue weighted by atomic mass is 9.91. The van der Waals surface area contributed by atoms with Crippen LogP contribution in [0.1, 0.15) is 37.7 Å². The van der Waals surface area contributed by atoms with Gasteiger partial charge < -0.3 is 19.7 Å². The van der Waals surface area contributed by atoms with Crippen LogP contribution in [-0.2, 0) is 16.1 Å². The molecule has 1 amide bonds.